The summed E-state index contributed by atoms with van der Waals surface area (Å²) >= 11 is 0. The Bertz CT molecular complexity index is 394. The van der Waals surface area contributed by atoms with Crippen molar-refractivity contribution < 1.29 is 9.59 Å². The SMILES string of the molecule is CC#CCCN1C(=O)C2CCCN2C(=O)C1C. The van der Waals surface area contributed by atoms with Gasteiger partial charge < -0.3 is 9.80 Å². The average molecular weight is 234 g/mol. The average Bonchev–Trinajstić information content (AvgIpc) is 2.80. The number of rotatable bonds is 2. The number of hydrogen-bond donors (Lipinski definition) is 0. The second kappa shape index (κ2) is 4.79. The summed E-state index contributed by atoms with van der Waals surface area (Å²) in [5, 5.41) is 0. The molecule has 0 N–H and O–H groups in total. The molecule has 2 atom stereocenters. The van der Waals surface area contributed by atoms with Crippen molar-refractivity contribution >= 4 is 11.8 Å². The zero-order valence-electron chi connectivity index (χ0n) is 10.4. The number of fused-ring (bicyclic) bond motifs is 1. The van der Waals surface area contributed by atoms with E-state index in [0.29, 0.717) is 13.0 Å². The van der Waals surface area contributed by atoms with Crippen LogP contribution in [0.15, 0.2) is 0 Å². The summed E-state index contributed by atoms with van der Waals surface area (Å²) in [5.41, 5.74) is 0. The molecular formula is C13H18N2O2. The highest BCUT2D eigenvalue weighted by molar-refractivity contribution is 5.97. The normalized spacial score (nSPS) is 27.9. The number of nitrogens with zero attached hydrogens (tertiary/aromatic N) is 2. The Morgan fingerprint density at radius 3 is 2.82 bits per heavy atom. The molecule has 0 aliphatic carbocycles. The van der Waals surface area contributed by atoms with Gasteiger partial charge >= 0.3 is 0 Å². The number of carbonyl (C=O) groups excluding carboxylic acids is 2. The summed E-state index contributed by atoms with van der Waals surface area (Å²) in [4.78, 5) is 27.8. The van der Waals surface area contributed by atoms with Crippen LogP contribution in [0.4, 0.5) is 0 Å². The number of amides is 2. The van der Waals surface area contributed by atoms with Crippen LogP contribution in [0.25, 0.3) is 0 Å². The van der Waals surface area contributed by atoms with Crippen molar-refractivity contribution in [2.45, 2.75) is 45.2 Å². The molecule has 0 aromatic carbocycles. The lowest BCUT2D eigenvalue weighted by molar-refractivity contribution is -0.158. The molecule has 0 aromatic heterocycles. The molecule has 0 aromatic rings. The molecule has 2 heterocycles. The molecule has 17 heavy (non-hydrogen) atoms. The number of carbonyl (C=O) groups is 2. The Balaban J connectivity index is 2.11. The molecule has 2 amide bonds. The van der Waals surface area contributed by atoms with Gasteiger partial charge in [0.2, 0.25) is 11.8 Å². The molecule has 92 valence electrons. The lowest BCUT2D eigenvalue weighted by Gasteiger charge is -2.40. The van der Waals surface area contributed by atoms with E-state index in [9.17, 15) is 9.59 Å². The summed E-state index contributed by atoms with van der Waals surface area (Å²) in [6.07, 6.45) is 2.40. The summed E-state index contributed by atoms with van der Waals surface area (Å²) < 4.78 is 0. The largest absolute Gasteiger partial charge is 0.329 e. The predicted molar refractivity (Wildman–Crippen MR) is 64.0 cm³/mol. The first-order valence-corrected chi connectivity index (χ1v) is 6.17. The second-order valence-electron chi connectivity index (χ2n) is 4.57. The summed E-state index contributed by atoms with van der Waals surface area (Å²) in [5.74, 6) is 5.95. The van der Waals surface area contributed by atoms with Gasteiger partial charge in [-0.05, 0) is 26.7 Å². The van der Waals surface area contributed by atoms with Crippen molar-refractivity contribution in [1.29, 1.82) is 0 Å². The highest BCUT2D eigenvalue weighted by atomic mass is 16.2. The van der Waals surface area contributed by atoms with Crippen molar-refractivity contribution in [3.63, 3.8) is 0 Å². The minimum atomic E-state index is -0.324. The van der Waals surface area contributed by atoms with Crippen molar-refractivity contribution in [3.05, 3.63) is 0 Å². The van der Waals surface area contributed by atoms with Crippen molar-refractivity contribution in [3.8, 4) is 11.8 Å². The lowest BCUT2D eigenvalue weighted by atomic mass is 10.1. The van der Waals surface area contributed by atoms with Crippen LogP contribution in [-0.2, 0) is 9.59 Å². The van der Waals surface area contributed by atoms with Gasteiger partial charge in [-0.1, -0.05) is 0 Å². The maximum Gasteiger partial charge on any atom is 0.246 e. The van der Waals surface area contributed by atoms with Gasteiger partial charge in [0.05, 0.1) is 0 Å². The van der Waals surface area contributed by atoms with Gasteiger partial charge in [-0.25, -0.2) is 0 Å². The monoisotopic (exact) mass is 234 g/mol. The fourth-order valence-electron chi connectivity index (χ4n) is 2.65. The van der Waals surface area contributed by atoms with Crippen LogP contribution in [0, 0.1) is 11.8 Å². The molecule has 0 bridgehead atoms. The third kappa shape index (κ3) is 2.02. The summed E-state index contributed by atoms with van der Waals surface area (Å²) in [6, 6.07) is -0.524. The predicted octanol–water partition coefficient (Wildman–Crippen LogP) is 0.621. The highest BCUT2D eigenvalue weighted by Crippen LogP contribution is 2.26. The van der Waals surface area contributed by atoms with E-state index in [1.165, 1.54) is 0 Å². The summed E-state index contributed by atoms with van der Waals surface area (Å²) in [6.45, 7) is 4.90. The fourth-order valence-corrected chi connectivity index (χ4v) is 2.65. The molecule has 4 nitrogen and oxygen atoms in total. The van der Waals surface area contributed by atoms with E-state index in [-0.39, 0.29) is 23.9 Å². The molecule has 4 heteroatoms. The maximum absolute atomic E-state index is 12.2. The first-order chi connectivity index (χ1) is 8.16. The topological polar surface area (TPSA) is 40.6 Å². The van der Waals surface area contributed by atoms with Crippen molar-refractivity contribution in [2.75, 3.05) is 13.1 Å². The van der Waals surface area contributed by atoms with Crippen LogP contribution in [-0.4, -0.2) is 46.8 Å². The molecule has 0 saturated carbocycles. The third-order valence-electron chi connectivity index (χ3n) is 3.58. The first-order valence-electron chi connectivity index (χ1n) is 6.17. The minimum Gasteiger partial charge on any atom is -0.329 e. The van der Waals surface area contributed by atoms with E-state index in [1.807, 2.05) is 6.92 Å². The molecule has 2 fully saturated rings. The van der Waals surface area contributed by atoms with E-state index in [0.717, 1.165) is 19.4 Å². The maximum atomic E-state index is 12.2. The van der Waals surface area contributed by atoms with E-state index >= 15 is 0 Å². The molecular weight excluding hydrogens is 216 g/mol. The Morgan fingerprint density at radius 1 is 1.35 bits per heavy atom. The first kappa shape index (κ1) is 12.0. The van der Waals surface area contributed by atoms with Crippen molar-refractivity contribution in [2.24, 2.45) is 0 Å². The molecule has 2 saturated heterocycles. The minimum absolute atomic E-state index is 0.0940. The zero-order valence-corrected chi connectivity index (χ0v) is 10.4. The van der Waals surface area contributed by atoms with Gasteiger partial charge in [0.15, 0.2) is 0 Å². The molecule has 0 radical (unpaired) electrons. The molecule has 0 spiro atoms. The van der Waals surface area contributed by atoms with Crippen LogP contribution in [0.3, 0.4) is 0 Å². The molecule has 2 aliphatic heterocycles. The highest BCUT2D eigenvalue weighted by Gasteiger charge is 2.45. The number of hydrogen-bond acceptors (Lipinski definition) is 2. The zero-order chi connectivity index (χ0) is 12.4. The quantitative estimate of drug-likeness (QED) is 0.657. The van der Waals surface area contributed by atoms with Gasteiger partial charge in [0.1, 0.15) is 12.1 Å². The van der Waals surface area contributed by atoms with Crippen molar-refractivity contribution in [1.82, 2.24) is 9.80 Å². The van der Waals surface area contributed by atoms with Crippen LogP contribution in [0.5, 0.6) is 0 Å². The van der Waals surface area contributed by atoms with E-state index in [4.69, 9.17) is 0 Å². The number of piperazine rings is 1. The van der Waals surface area contributed by atoms with E-state index < -0.39 is 0 Å². The van der Waals surface area contributed by atoms with Gasteiger partial charge in [-0.3, -0.25) is 9.59 Å². The van der Waals surface area contributed by atoms with Gasteiger partial charge in [-0.2, -0.15) is 0 Å². The molecule has 2 aliphatic rings. The fraction of sp³-hybridized carbons (Fsp3) is 0.692. The molecule has 2 unspecified atom stereocenters. The molecule has 2 rings (SSSR count). The smallest absolute Gasteiger partial charge is 0.246 e. The van der Waals surface area contributed by atoms with Gasteiger partial charge in [0, 0.05) is 19.5 Å². The van der Waals surface area contributed by atoms with Crippen LogP contribution < -0.4 is 0 Å². The lowest BCUT2D eigenvalue weighted by Crippen LogP contribution is -2.61. The van der Waals surface area contributed by atoms with E-state index in [1.54, 1.807) is 16.7 Å². The van der Waals surface area contributed by atoms with E-state index in [2.05, 4.69) is 11.8 Å². The van der Waals surface area contributed by atoms with Gasteiger partial charge in [-0.15, -0.1) is 11.8 Å². The van der Waals surface area contributed by atoms with Crippen LogP contribution in [0.2, 0.25) is 0 Å². The Hall–Kier alpha value is -1.50. The summed E-state index contributed by atoms with van der Waals surface area (Å²) in [7, 11) is 0. The Morgan fingerprint density at radius 2 is 2.12 bits per heavy atom. The second-order valence-corrected chi connectivity index (χ2v) is 4.57. The Labute approximate surface area is 102 Å². The third-order valence-corrected chi connectivity index (χ3v) is 3.58. The Kier molecular flexibility index (Phi) is 3.37. The van der Waals surface area contributed by atoms with Crippen LogP contribution in [0.1, 0.15) is 33.1 Å². The van der Waals surface area contributed by atoms with Crippen LogP contribution >= 0.6 is 0 Å². The van der Waals surface area contributed by atoms with Gasteiger partial charge in [0.25, 0.3) is 0 Å². The standard InChI is InChI=1S/C13H18N2O2/c1-3-4-5-8-14-10(2)12(16)15-9-6-7-11(15)13(14)17/h10-11H,5-9H2,1-2H3.